The quantitative estimate of drug-likeness (QED) is 0.494. The van der Waals surface area contributed by atoms with Gasteiger partial charge in [-0.2, -0.15) is 5.26 Å². The van der Waals surface area contributed by atoms with Crippen LogP contribution in [0.4, 0.5) is 0 Å². The van der Waals surface area contributed by atoms with Crippen LogP contribution >= 0.6 is 0 Å². The average molecular weight is 171 g/mol. The fraction of sp³-hybridized carbons (Fsp3) is 0.750. The molecule has 0 fully saturated rings. The fourth-order valence-electron chi connectivity index (χ4n) is 0.696. The highest BCUT2D eigenvalue weighted by Crippen LogP contribution is 2.02. The molecule has 0 aromatic carbocycles. The molecule has 0 spiro atoms. The zero-order valence-electron chi connectivity index (χ0n) is 7.12. The molecular formula is C8H13NO3. The van der Waals surface area contributed by atoms with Crippen molar-refractivity contribution in [3.05, 3.63) is 0 Å². The van der Waals surface area contributed by atoms with Crippen molar-refractivity contribution in [1.82, 2.24) is 0 Å². The van der Waals surface area contributed by atoms with Crippen LogP contribution in [-0.4, -0.2) is 17.4 Å². The Morgan fingerprint density at radius 2 is 2.42 bits per heavy atom. The van der Waals surface area contributed by atoms with Crippen molar-refractivity contribution in [2.24, 2.45) is 0 Å². The topological polar surface area (TPSA) is 70.3 Å². The standard InChI is InChI=1S/C8H13NO3/c1-2-3-4-7(10)12-8(11)5-6-9/h7,10H,2-5H2,1H3. The molecule has 0 radical (unpaired) electrons. The summed E-state index contributed by atoms with van der Waals surface area (Å²) < 4.78 is 4.49. The van der Waals surface area contributed by atoms with Gasteiger partial charge in [-0.05, 0) is 6.42 Å². The van der Waals surface area contributed by atoms with E-state index in [1.807, 2.05) is 6.92 Å². The molecule has 0 aromatic heterocycles. The third kappa shape index (κ3) is 5.69. The summed E-state index contributed by atoms with van der Waals surface area (Å²) >= 11 is 0. The Bertz CT molecular complexity index is 174. The number of aliphatic hydroxyl groups excluding tert-OH is 1. The number of hydrogen-bond acceptors (Lipinski definition) is 4. The maximum atomic E-state index is 10.6. The van der Waals surface area contributed by atoms with Crippen LogP contribution in [-0.2, 0) is 9.53 Å². The molecule has 4 nitrogen and oxygen atoms in total. The number of carbonyl (C=O) groups is 1. The Hall–Kier alpha value is -1.08. The van der Waals surface area contributed by atoms with Crippen molar-refractivity contribution >= 4 is 5.97 Å². The van der Waals surface area contributed by atoms with Crippen LogP contribution in [0.15, 0.2) is 0 Å². The Morgan fingerprint density at radius 3 is 2.92 bits per heavy atom. The summed E-state index contributed by atoms with van der Waals surface area (Å²) in [5.41, 5.74) is 0. The normalized spacial score (nSPS) is 11.8. The van der Waals surface area contributed by atoms with Gasteiger partial charge in [0.05, 0.1) is 6.07 Å². The predicted molar refractivity (Wildman–Crippen MR) is 41.9 cm³/mol. The fourth-order valence-corrected chi connectivity index (χ4v) is 0.696. The zero-order chi connectivity index (χ0) is 9.40. The van der Waals surface area contributed by atoms with Crippen LogP contribution in [0.1, 0.15) is 32.6 Å². The first-order chi connectivity index (χ1) is 5.70. The second kappa shape index (κ2) is 6.62. The molecule has 0 rings (SSSR count). The third-order valence-electron chi connectivity index (χ3n) is 1.30. The predicted octanol–water partition coefficient (Wildman–Crippen LogP) is 0.952. The molecule has 0 heterocycles. The molecule has 4 heteroatoms. The molecule has 0 aliphatic carbocycles. The molecule has 0 aromatic rings. The first-order valence-electron chi connectivity index (χ1n) is 3.95. The van der Waals surface area contributed by atoms with Crippen molar-refractivity contribution in [1.29, 1.82) is 5.26 Å². The van der Waals surface area contributed by atoms with E-state index in [0.717, 1.165) is 12.8 Å². The van der Waals surface area contributed by atoms with Crippen molar-refractivity contribution in [2.45, 2.75) is 38.9 Å². The lowest BCUT2D eigenvalue weighted by Gasteiger charge is -2.09. The number of ether oxygens (including phenoxy) is 1. The molecule has 1 atom stereocenters. The summed E-state index contributed by atoms with van der Waals surface area (Å²) in [5, 5.41) is 17.1. The molecule has 0 amide bonds. The molecule has 68 valence electrons. The van der Waals surface area contributed by atoms with Gasteiger partial charge in [0.2, 0.25) is 6.29 Å². The summed E-state index contributed by atoms with van der Waals surface area (Å²) in [6.45, 7) is 1.98. The number of esters is 1. The maximum Gasteiger partial charge on any atom is 0.322 e. The lowest BCUT2D eigenvalue weighted by Crippen LogP contribution is -2.16. The second-order valence-corrected chi connectivity index (χ2v) is 2.42. The number of unbranched alkanes of at least 4 members (excludes halogenated alkanes) is 1. The largest absolute Gasteiger partial charge is 0.435 e. The minimum Gasteiger partial charge on any atom is -0.435 e. The van der Waals surface area contributed by atoms with E-state index in [2.05, 4.69) is 4.74 Å². The smallest absolute Gasteiger partial charge is 0.322 e. The van der Waals surface area contributed by atoms with Crippen molar-refractivity contribution in [2.75, 3.05) is 0 Å². The van der Waals surface area contributed by atoms with Crippen LogP contribution in [0, 0.1) is 11.3 Å². The Morgan fingerprint density at radius 1 is 1.75 bits per heavy atom. The van der Waals surface area contributed by atoms with Crippen molar-refractivity contribution in [3.8, 4) is 6.07 Å². The number of rotatable bonds is 5. The molecule has 0 saturated carbocycles. The zero-order valence-corrected chi connectivity index (χ0v) is 7.12. The minimum atomic E-state index is -1.05. The molecule has 0 saturated heterocycles. The first kappa shape index (κ1) is 10.9. The SMILES string of the molecule is CCCCC(O)OC(=O)CC#N. The van der Waals surface area contributed by atoms with Crippen molar-refractivity contribution < 1.29 is 14.6 Å². The highest BCUT2D eigenvalue weighted by Gasteiger charge is 2.09. The van der Waals surface area contributed by atoms with Gasteiger partial charge in [-0.25, -0.2) is 0 Å². The van der Waals surface area contributed by atoms with Gasteiger partial charge in [-0.3, -0.25) is 4.79 Å². The van der Waals surface area contributed by atoms with Crippen molar-refractivity contribution in [3.63, 3.8) is 0 Å². The molecular weight excluding hydrogens is 158 g/mol. The molecule has 0 bridgehead atoms. The summed E-state index contributed by atoms with van der Waals surface area (Å²) in [7, 11) is 0. The van der Waals surface area contributed by atoms with E-state index in [-0.39, 0.29) is 6.42 Å². The van der Waals surface area contributed by atoms with E-state index >= 15 is 0 Å². The van der Waals surface area contributed by atoms with Gasteiger partial charge in [0.15, 0.2) is 0 Å². The Kier molecular flexibility index (Phi) is 6.02. The van der Waals surface area contributed by atoms with E-state index < -0.39 is 12.3 Å². The van der Waals surface area contributed by atoms with Gasteiger partial charge in [0, 0.05) is 6.42 Å². The lowest BCUT2D eigenvalue weighted by atomic mass is 10.2. The van der Waals surface area contributed by atoms with Gasteiger partial charge in [0.1, 0.15) is 6.42 Å². The second-order valence-electron chi connectivity index (χ2n) is 2.42. The highest BCUT2D eigenvalue weighted by molar-refractivity contribution is 5.71. The average Bonchev–Trinajstić information content (AvgIpc) is 2.01. The number of carbonyl (C=O) groups excluding carboxylic acids is 1. The number of nitrogens with zero attached hydrogens (tertiary/aromatic N) is 1. The first-order valence-corrected chi connectivity index (χ1v) is 3.95. The molecule has 0 aliphatic rings. The molecule has 0 aliphatic heterocycles. The summed E-state index contributed by atoms with van der Waals surface area (Å²) in [6.07, 6.45) is 0.829. The monoisotopic (exact) mass is 171 g/mol. The number of nitriles is 1. The van der Waals surface area contributed by atoms with Crippen LogP contribution in [0.5, 0.6) is 0 Å². The molecule has 1 N–H and O–H groups in total. The van der Waals surface area contributed by atoms with E-state index in [1.165, 1.54) is 0 Å². The van der Waals surface area contributed by atoms with Crippen LogP contribution in [0.3, 0.4) is 0 Å². The van der Waals surface area contributed by atoms with Crippen LogP contribution < -0.4 is 0 Å². The van der Waals surface area contributed by atoms with E-state index in [1.54, 1.807) is 6.07 Å². The minimum absolute atomic E-state index is 0.302. The summed E-state index contributed by atoms with van der Waals surface area (Å²) in [4.78, 5) is 10.6. The Balaban J connectivity index is 3.48. The molecule has 12 heavy (non-hydrogen) atoms. The van der Waals surface area contributed by atoms with Gasteiger partial charge >= 0.3 is 5.97 Å². The highest BCUT2D eigenvalue weighted by atomic mass is 16.6. The van der Waals surface area contributed by atoms with Gasteiger partial charge in [-0.1, -0.05) is 13.3 Å². The maximum absolute atomic E-state index is 10.6. The van der Waals surface area contributed by atoms with Gasteiger partial charge in [-0.15, -0.1) is 0 Å². The molecule has 1 unspecified atom stereocenters. The summed E-state index contributed by atoms with van der Waals surface area (Å²) in [5.74, 6) is -0.666. The van der Waals surface area contributed by atoms with Crippen LogP contribution in [0.2, 0.25) is 0 Å². The van der Waals surface area contributed by atoms with Gasteiger partial charge < -0.3 is 9.84 Å². The summed E-state index contributed by atoms with van der Waals surface area (Å²) in [6, 6.07) is 1.64. The lowest BCUT2D eigenvalue weighted by molar-refractivity contribution is -0.167. The van der Waals surface area contributed by atoms with E-state index in [0.29, 0.717) is 6.42 Å². The van der Waals surface area contributed by atoms with Crippen LogP contribution in [0.25, 0.3) is 0 Å². The van der Waals surface area contributed by atoms with E-state index in [4.69, 9.17) is 10.4 Å². The number of aliphatic hydroxyl groups is 1. The Labute approximate surface area is 71.8 Å². The number of hydrogen-bond donors (Lipinski definition) is 1. The van der Waals surface area contributed by atoms with Gasteiger partial charge in [0.25, 0.3) is 0 Å². The third-order valence-corrected chi connectivity index (χ3v) is 1.30. The van der Waals surface area contributed by atoms with E-state index in [9.17, 15) is 4.79 Å².